The van der Waals surface area contributed by atoms with Crippen LogP contribution in [0.2, 0.25) is 0 Å². The Morgan fingerprint density at radius 2 is 2.20 bits per heavy atom. The first-order chi connectivity index (χ1) is 7.27. The van der Waals surface area contributed by atoms with Crippen molar-refractivity contribution in [2.45, 2.75) is 26.3 Å². The first-order valence-electron chi connectivity index (χ1n) is 5.20. The molecule has 15 heavy (non-hydrogen) atoms. The summed E-state index contributed by atoms with van der Waals surface area (Å²) in [5.41, 5.74) is 1.92. The Bertz CT molecular complexity index is 487. The number of carbonyl (C=O) groups is 1. The van der Waals surface area contributed by atoms with Gasteiger partial charge in [0.25, 0.3) is 0 Å². The Morgan fingerprint density at radius 1 is 1.47 bits per heavy atom. The number of benzene rings is 1. The maximum absolute atomic E-state index is 10.9. The molecule has 1 heterocycles. The number of hydrogen-bond acceptors (Lipinski definition) is 2. The van der Waals surface area contributed by atoms with Gasteiger partial charge in [-0.25, -0.2) is 4.98 Å². The quantitative estimate of drug-likeness (QED) is 0.717. The van der Waals surface area contributed by atoms with Crippen molar-refractivity contribution in [2.75, 3.05) is 0 Å². The van der Waals surface area contributed by atoms with E-state index in [2.05, 4.69) is 18.8 Å². The van der Waals surface area contributed by atoms with Crippen LogP contribution in [0.3, 0.4) is 0 Å². The second kappa shape index (κ2) is 3.85. The van der Waals surface area contributed by atoms with Gasteiger partial charge in [-0.2, -0.15) is 0 Å². The molecule has 0 fully saturated rings. The molecule has 0 saturated carbocycles. The van der Waals surface area contributed by atoms with E-state index in [1.807, 2.05) is 28.8 Å². The smallest absolute Gasteiger partial charge is 0.185 e. The highest BCUT2D eigenvalue weighted by molar-refractivity contribution is 5.83. The summed E-state index contributed by atoms with van der Waals surface area (Å²) in [7, 11) is 0. The van der Waals surface area contributed by atoms with Crippen LogP contribution in [0, 0.1) is 0 Å². The fourth-order valence-corrected chi connectivity index (χ4v) is 1.79. The van der Waals surface area contributed by atoms with Gasteiger partial charge < -0.3 is 4.57 Å². The maximum Gasteiger partial charge on any atom is 0.185 e. The third-order valence-corrected chi connectivity index (χ3v) is 2.76. The van der Waals surface area contributed by atoms with Gasteiger partial charge in [0.2, 0.25) is 0 Å². The van der Waals surface area contributed by atoms with Gasteiger partial charge in [-0.05, 0) is 25.5 Å². The summed E-state index contributed by atoms with van der Waals surface area (Å²) in [6.45, 7) is 4.20. The van der Waals surface area contributed by atoms with Gasteiger partial charge in [0, 0.05) is 6.04 Å². The standard InChI is InChI=1S/C12H14N2O/c1-3-9(2)14-11-7-5-4-6-10(11)13-12(14)8-15/h4-9H,3H2,1-2H3. The van der Waals surface area contributed by atoms with Crippen molar-refractivity contribution in [2.24, 2.45) is 0 Å². The number of hydrogen-bond donors (Lipinski definition) is 0. The summed E-state index contributed by atoms with van der Waals surface area (Å²) < 4.78 is 2.00. The predicted molar refractivity (Wildman–Crippen MR) is 60.1 cm³/mol. The Hall–Kier alpha value is -1.64. The van der Waals surface area contributed by atoms with Crippen LogP contribution in [0.1, 0.15) is 36.9 Å². The lowest BCUT2D eigenvalue weighted by Crippen LogP contribution is -2.07. The summed E-state index contributed by atoms with van der Waals surface area (Å²) in [6, 6.07) is 8.14. The highest BCUT2D eigenvalue weighted by atomic mass is 16.1. The Labute approximate surface area is 88.7 Å². The topological polar surface area (TPSA) is 34.9 Å². The third-order valence-electron chi connectivity index (χ3n) is 2.76. The van der Waals surface area contributed by atoms with Crippen molar-refractivity contribution in [3.63, 3.8) is 0 Å². The van der Waals surface area contributed by atoms with Crippen LogP contribution in [-0.4, -0.2) is 15.8 Å². The zero-order valence-corrected chi connectivity index (χ0v) is 8.97. The molecule has 0 radical (unpaired) electrons. The Balaban J connectivity index is 2.72. The van der Waals surface area contributed by atoms with E-state index in [4.69, 9.17) is 0 Å². The molecular weight excluding hydrogens is 188 g/mol. The van der Waals surface area contributed by atoms with Crippen LogP contribution in [0.25, 0.3) is 11.0 Å². The molecule has 3 nitrogen and oxygen atoms in total. The van der Waals surface area contributed by atoms with Gasteiger partial charge in [-0.1, -0.05) is 19.1 Å². The number of fused-ring (bicyclic) bond motifs is 1. The van der Waals surface area contributed by atoms with Gasteiger partial charge >= 0.3 is 0 Å². The Kier molecular flexibility index (Phi) is 2.54. The molecular formula is C12H14N2O. The largest absolute Gasteiger partial charge is 0.319 e. The molecule has 1 atom stereocenters. The molecule has 1 unspecified atom stereocenters. The second-order valence-electron chi connectivity index (χ2n) is 3.70. The lowest BCUT2D eigenvalue weighted by atomic mass is 10.2. The van der Waals surface area contributed by atoms with E-state index < -0.39 is 0 Å². The predicted octanol–water partition coefficient (Wildman–Crippen LogP) is 2.82. The average Bonchev–Trinajstić information content (AvgIpc) is 2.66. The minimum absolute atomic E-state index is 0.303. The van der Waals surface area contributed by atoms with Crippen LogP contribution < -0.4 is 0 Å². The molecule has 0 aliphatic heterocycles. The van der Waals surface area contributed by atoms with Crippen LogP contribution in [0.15, 0.2) is 24.3 Å². The van der Waals surface area contributed by atoms with E-state index in [0.29, 0.717) is 11.9 Å². The summed E-state index contributed by atoms with van der Waals surface area (Å²) in [5.74, 6) is 0.519. The van der Waals surface area contributed by atoms with Crippen molar-refractivity contribution >= 4 is 17.3 Å². The number of aromatic nitrogens is 2. The number of carbonyl (C=O) groups excluding carboxylic acids is 1. The molecule has 1 aromatic carbocycles. The monoisotopic (exact) mass is 202 g/mol. The summed E-state index contributed by atoms with van der Waals surface area (Å²) in [4.78, 5) is 15.2. The van der Waals surface area contributed by atoms with Gasteiger partial charge in [0.1, 0.15) is 0 Å². The molecule has 2 aromatic rings. The summed E-state index contributed by atoms with van der Waals surface area (Å²) >= 11 is 0. The van der Waals surface area contributed by atoms with Crippen molar-refractivity contribution in [3.8, 4) is 0 Å². The van der Waals surface area contributed by atoms with E-state index in [9.17, 15) is 4.79 Å². The van der Waals surface area contributed by atoms with Gasteiger partial charge in [0.15, 0.2) is 12.1 Å². The summed E-state index contributed by atoms with van der Waals surface area (Å²) in [6.07, 6.45) is 1.81. The van der Waals surface area contributed by atoms with Crippen LogP contribution >= 0.6 is 0 Å². The lowest BCUT2D eigenvalue weighted by molar-refractivity contribution is 0.111. The molecule has 3 heteroatoms. The molecule has 1 aromatic heterocycles. The van der Waals surface area contributed by atoms with Crippen molar-refractivity contribution in [1.82, 2.24) is 9.55 Å². The average molecular weight is 202 g/mol. The molecule has 0 aliphatic carbocycles. The molecule has 0 bridgehead atoms. The number of imidazole rings is 1. The Morgan fingerprint density at radius 3 is 2.87 bits per heavy atom. The van der Waals surface area contributed by atoms with Crippen molar-refractivity contribution in [1.29, 1.82) is 0 Å². The first kappa shape index (κ1) is 9.90. The molecule has 0 N–H and O–H groups in total. The lowest BCUT2D eigenvalue weighted by Gasteiger charge is -2.13. The molecule has 0 saturated heterocycles. The zero-order valence-electron chi connectivity index (χ0n) is 8.97. The fourth-order valence-electron chi connectivity index (χ4n) is 1.79. The minimum Gasteiger partial charge on any atom is -0.319 e. The summed E-state index contributed by atoms with van der Waals surface area (Å²) in [5, 5.41) is 0. The molecule has 0 amide bonds. The van der Waals surface area contributed by atoms with Crippen LogP contribution in [-0.2, 0) is 0 Å². The minimum atomic E-state index is 0.303. The fraction of sp³-hybridized carbons (Fsp3) is 0.333. The number of aldehydes is 1. The number of nitrogens with zero attached hydrogens (tertiary/aromatic N) is 2. The number of para-hydroxylation sites is 2. The maximum atomic E-state index is 10.9. The van der Waals surface area contributed by atoms with E-state index in [0.717, 1.165) is 23.7 Å². The second-order valence-corrected chi connectivity index (χ2v) is 3.70. The van der Waals surface area contributed by atoms with E-state index in [-0.39, 0.29) is 0 Å². The van der Waals surface area contributed by atoms with Crippen LogP contribution in [0.4, 0.5) is 0 Å². The highest BCUT2D eigenvalue weighted by Gasteiger charge is 2.13. The van der Waals surface area contributed by atoms with Crippen molar-refractivity contribution in [3.05, 3.63) is 30.1 Å². The van der Waals surface area contributed by atoms with Crippen LogP contribution in [0.5, 0.6) is 0 Å². The molecule has 2 rings (SSSR count). The highest BCUT2D eigenvalue weighted by Crippen LogP contribution is 2.21. The third kappa shape index (κ3) is 1.54. The van der Waals surface area contributed by atoms with E-state index in [1.54, 1.807) is 0 Å². The zero-order chi connectivity index (χ0) is 10.8. The van der Waals surface area contributed by atoms with Gasteiger partial charge in [-0.3, -0.25) is 4.79 Å². The van der Waals surface area contributed by atoms with Gasteiger partial charge in [0.05, 0.1) is 11.0 Å². The number of rotatable bonds is 3. The normalized spacial score (nSPS) is 12.9. The van der Waals surface area contributed by atoms with Gasteiger partial charge in [-0.15, -0.1) is 0 Å². The van der Waals surface area contributed by atoms with Crippen molar-refractivity contribution < 1.29 is 4.79 Å². The molecule has 0 spiro atoms. The van der Waals surface area contributed by atoms with E-state index >= 15 is 0 Å². The van der Waals surface area contributed by atoms with E-state index in [1.165, 1.54) is 0 Å². The first-order valence-corrected chi connectivity index (χ1v) is 5.20. The molecule has 0 aliphatic rings. The SMILES string of the molecule is CCC(C)n1c(C=O)nc2ccccc21. The molecule has 78 valence electrons.